The van der Waals surface area contributed by atoms with Gasteiger partial charge in [-0.15, -0.1) is 0 Å². The number of aromatic nitrogens is 3. The minimum Gasteiger partial charge on any atom is -0.456 e. The number of furan rings is 1. The zero-order valence-electron chi connectivity index (χ0n) is 31.3. The lowest BCUT2D eigenvalue weighted by Gasteiger charge is -2.14. The number of fused-ring (bicyclic) bond motifs is 8. The first-order chi connectivity index (χ1) is 28.7. The van der Waals surface area contributed by atoms with Crippen molar-refractivity contribution in [1.82, 2.24) is 14.5 Å². The highest BCUT2D eigenvalue weighted by molar-refractivity contribution is 6.17. The van der Waals surface area contributed by atoms with E-state index in [0.29, 0.717) is 5.95 Å². The molecule has 270 valence electrons. The van der Waals surface area contributed by atoms with Crippen molar-refractivity contribution in [1.29, 1.82) is 0 Å². The van der Waals surface area contributed by atoms with Crippen LogP contribution in [0.1, 0.15) is 0 Å². The summed E-state index contributed by atoms with van der Waals surface area (Å²) in [6, 6.07) is 71.0. The highest BCUT2D eigenvalue weighted by atomic mass is 16.3. The molecule has 0 saturated heterocycles. The molecule has 0 aliphatic rings. The van der Waals surface area contributed by atoms with Crippen LogP contribution in [-0.2, 0) is 0 Å². The van der Waals surface area contributed by atoms with Crippen LogP contribution in [0.15, 0.2) is 205 Å². The van der Waals surface area contributed by atoms with Gasteiger partial charge in [-0.05, 0) is 87.1 Å². The average Bonchev–Trinajstić information content (AvgIpc) is 3.83. The Bertz CT molecular complexity index is 3580. The lowest BCUT2D eigenvalue weighted by Crippen LogP contribution is -2.04. The van der Waals surface area contributed by atoms with Gasteiger partial charge in [-0.25, -0.2) is 9.97 Å². The zero-order chi connectivity index (χ0) is 38.2. The summed E-state index contributed by atoms with van der Waals surface area (Å²) in [5.41, 5.74) is 13.6. The average molecular weight is 740 g/mol. The maximum Gasteiger partial charge on any atom is 0.235 e. The van der Waals surface area contributed by atoms with E-state index in [9.17, 15) is 0 Å². The fourth-order valence-electron chi connectivity index (χ4n) is 8.82. The fourth-order valence-corrected chi connectivity index (χ4v) is 8.82. The first-order valence-electron chi connectivity index (χ1n) is 19.6. The summed E-state index contributed by atoms with van der Waals surface area (Å²) in [4.78, 5) is 10.7. The van der Waals surface area contributed by atoms with Gasteiger partial charge in [-0.2, -0.15) is 0 Å². The topological polar surface area (TPSA) is 43.9 Å². The Morgan fingerprint density at radius 3 is 1.79 bits per heavy atom. The first kappa shape index (κ1) is 32.4. The van der Waals surface area contributed by atoms with Crippen LogP contribution in [-0.4, -0.2) is 14.5 Å². The Kier molecular flexibility index (Phi) is 7.20. The van der Waals surface area contributed by atoms with Crippen LogP contribution in [0, 0.1) is 0 Å². The SMILES string of the molecule is c1ccc(-c2nc(-n3c4cc5ccccc5cc4c4cccc(-c5cccc(-c6cccc(-c7ccc8c(c7)oc7ccccc78)c6)c5)c43)nc3ccccc23)cc1. The third-order valence-corrected chi connectivity index (χ3v) is 11.6. The van der Waals surface area contributed by atoms with Crippen LogP contribution in [0.3, 0.4) is 0 Å². The molecule has 3 heterocycles. The monoisotopic (exact) mass is 739 g/mol. The predicted octanol–water partition coefficient (Wildman–Crippen LogP) is 14.4. The van der Waals surface area contributed by atoms with E-state index >= 15 is 0 Å². The molecule has 0 saturated carbocycles. The number of hydrogen-bond acceptors (Lipinski definition) is 3. The summed E-state index contributed by atoms with van der Waals surface area (Å²) in [6.07, 6.45) is 0. The third-order valence-electron chi connectivity index (χ3n) is 11.6. The summed E-state index contributed by atoms with van der Waals surface area (Å²) in [7, 11) is 0. The predicted molar refractivity (Wildman–Crippen MR) is 240 cm³/mol. The molecule has 12 aromatic rings. The van der Waals surface area contributed by atoms with Gasteiger partial charge in [0, 0.05) is 38.1 Å². The maximum atomic E-state index is 6.25. The summed E-state index contributed by atoms with van der Waals surface area (Å²) in [5.74, 6) is 0.644. The molecule has 0 unspecified atom stereocenters. The molecule has 58 heavy (non-hydrogen) atoms. The normalized spacial score (nSPS) is 11.8. The van der Waals surface area contributed by atoms with Gasteiger partial charge < -0.3 is 4.42 Å². The number of para-hydroxylation sites is 3. The Balaban J connectivity index is 1.05. The van der Waals surface area contributed by atoms with E-state index in [-0.39, 0.29) is 0 Å². The molecule has 12 rings (SSSR count). The smallest absolute Gasteiger partial charge is 0.235 e. The largest absolute Gasteiger partial charge is 0.456 e. The van der Waals surface area contributed by atoms with Crippen molar-refractivity contribution in [2.75, 3.05) is 0 Å². The summed E-state index contributed by atoms with van der Waals surface area (Å²) in [6.45, 7) is 0. The van der Waals surface area contributed by atoms with E-state index in [4.69, 9.17) is 14.4 Å². The molecule has 0 aliphatic carbocycles. The van der Waals surface area contributed by atoms with Crippen molar-refractivity contribution in [3.63, 3.8) is 0 Å². The molecule has 3 aromatic heterocycles. The summed E-state index contributed by atoms with van der Waals surface area (Å²) < 4.78 is 8.54. The summed E-state index contributed by atoms with van der Waals surface area (Å²) in [5, 5.41) is 7.99. The number of rotatable bonds is 5. The van der Waals surface area contributed by atoms with Crippen LogP contribution in [0.25, 0.3) is 116 Å². The van der Waals surface area contributed by atoms with E-state index in [1.54, 1.807) is 0 Å². The molecule has 4 heteroatoms. The second-order valence-electron chi connectivity index (χ2n) is 15.0. The number of hydrogen-bond donors (Lipinski definition) is 0. The van der Waals surface area contributed by atoms with Crippen molar-refractivity contribution >= 4 is 65.4 Å². The standard InChI is InChI=1S/C54H33N3O/c1-2-13-34(14-3-1)52-46-22-6-8-25-48(46)55-54(56-52)57-49-32-39-16-5-4-15-38(39)31-47(49)45-24-12-23-42(53(45)57)41-20-11-19-37(30-41)35-17-10-18-36(29-35)40-27-28-44-43-21-7-9-26-50(43)58-51(44)33-40/h1-33H. The van der Waals surface area contributed by atoms with Crippen molar-refractivity contribution in [2.24, 2.45) is 0 Å². The maximum absolute atomic E-state index is 6.25. The van der Waals surface area contributed by atoms with Gasteiger partial charge in [0.15, 0.2) is 0 Å². The van der Waals surface area contributed by atoms with Crippen molar-refractivity contribution in [3.05, 3.63) is 200 Å². The first-order valence-corrected chi connectivity index (χ1v) is 19.6. The van der Waals surface area contributed by atoms with Gasteiger partial charge in [-0.3, -0.25) is 4.57 Å². The van der Waals surface area contributed by atoms with Crippen molar-refractivity contribution < 1.29 is 4.42 Å². The third kappa shape index (κ3) is 5.16. The zero-order valence-corrected chi connectivity index (χ0v) is 31.3. The Hall–Kier alpha value is -7.82. The Morgan fingerprint density at radius 2 is 0.966 bits per heavy atom. The van der Waals surface area contributed by atoms with E-state index in [2.05, 4.69) is 187 Å². The van der Waals surface area contributed by atoms with E-state index in [1.807, 2.05) is 18.2 Å². The molecule has 0 atom stereocenters. The van der Waals surface area contributed by atoms with Crippen LogP contribution in [0.4, 0.5) is 0 Å². The number of benzene rings is 9. The van der Waals surface area contributed by atoms with Gasteiger partial charge in [0.05, 0.1) is 22.2 Å². The molecule has 0 aliphatic heterocycles. The molecule has 0 N–H and O–H groups in total. The van der Waals surface area contributed by atoms with Gasteiger partial charge in [0.1, 0.15) is 11.2 Å². The molecule has 0 amide bonds. The lowest BCUT2D eigenvalue weighted by atomic mass is 9.95. The van der Waals surface area contributed by atoms with Crippen LogP contribution < -0.4 is 0 Å². The van der Waals surface area contributed by atoms with Crippen LogP contribution >= 0.6 is 0 Å². The molecule has 4 nitrogen and oxygen atoms in total. The highest BCUT2D eigenvalue weighted by Gasteiger charge is 2.21. The molecular formula is C54H33N3O. The van der Waals surface area contributed by atoms with E-state index in [0.717, 1.165) is 93.9 Å². The number of nitrogens with zero attached hydrogens (tertiary/aromatic N) is 3. The Labute approximate surface area is 333 Å². The second kappa shape index (κ2) is 12.9. The second-order valence-corrected chi connectivity index (χ2v) is 15.0. The van der Waals surface area contributed by atoms with E-state index in [1.165, 1.54) is 16.2 Å². The molecular weight excluding hydrogens is 707 g/mol. The van der Waals surface area contributed by atoms with Crippen LogP contribution in [0.5, 0.6) is 0 Å². The quantitative estimate of drug-likeness (QED) is 0.177. The Morgan fingerprint density at radius 1 is 0.362 bits per heavy atom. The minimum atomic E-state index is 0.644. The molecule has 0 bridgehead atoms. The fraction of sp³-hybridized carbons (Fsp3) is 0. The molecule has 9 aromatic carbocycles. The summed E-state index contributed by atoms with van der Waals surface area (Å²) >= 11 is 0. The van der Waals surface area contributed by atoms with Gasteiger partial charge >= 0.3 is 0 Å². The highest BCUT2D eigenvalue weighted by Crippen LogP contribution is 2.41. The molecule has 0 spiro atoms. The lowest BCUT2D eigenvalue weighted by molar-refractivity contribution is 0.669. The molecule has 0 fully saturated rings. The van der Waals surface area contributed by atoms with Gasteiger partial charge in [0.25, 0.3) is 0 Å². The minimum absolute atomic E-state index is 0.644. The van der Waals surface area contributed by atoms with Crippen molar-refractivity contribution in [3.8, 4) is 50.6 Å². The van der Waals surface area contributed by atoms with Gasteiger partial charge in [-0.1, -0.05) is 152 Å². The van der Waals surface area contributed by atoms with Crippen LogP contribution in [0.2, 0.25) is 0 Å². The molecule has 0 radical (unpaired) electrons. The van der Waals surface area contributed by atoms with E-state index < -0.39 is 0 Å². The van der Waals surface area contributed by atoms with Crippen molar-refractivity contribution in [2.45, 2.75) is 0 Å². The van der Waals surface area contributed by atoms with Gasteiger partial charge in [0.2, 0.25) is 5.95 Å².